The molecule has 1 aromatic heterocycles. The van der Waals surface area contributed by atoms with E-state index in [9.17, 15) is 8.42 Å². The number of nitrogens with one attached hydrogen (secondary N) is 1. The van der Waals surface area contributed by atoms with Gasteiger partial charge in [-0.25, -0.2) is 18.1 Å². The number of hydrogen-bond donors (Lipinski definition) is 1. The Morgan fingerprint density at radius 2 is 2.27 bits per heavy atom. The Labute approximate surface area is 134 Å². The van der Waals surface area contributed by atoms with E-state index < -0.39 is 10.0 Å². The van der Waals surface area contributed by atoms with Gasteiger partial charge < -0.3 is 4.74 Å². The minimum atomic E-state index is -3.64. The topological polar surface area (TPSA) is 68.3 Å². The van der Waals surface area contributed by atoms with Gasteiger partial charge in [0.2, 0.25) is 10.0 Å². The smallest absolute Gasteiger partial charge is 0.244 e. The lowest BCUT2D eigenvalue weighted by Gasteiger charge is -2.14. The SMILES string of the molecule is CCc1csc(C(C)NS(=O)(=O)c2cccc3c2OCC3)n1. The van der Waals surface area contributed by atoms with Crippen molar-refractivity contribution in [3.63, 3.8) is 0 Å². The quantitative estimate of drug-likeness (QED) is 0.910. The van der Waals surface area contributed by atoms with Gasteiger partial charge in [-0.2, -0.15) is 0 Å². The first-order chi connectivity index (χ1) is 10.5. The molecule has 2 aromatic rings. The van der Waals surface area contributed by atoms with Crippen LogP contribution in [-0.2, 0) is 22.9 Å². The van der Waals surface area contributed by atoms with Gasteiger partial charge in [-0.15, -0.1) is 11.3 Å². The Kier molecular flexibility index (Phi) is 4.20. The van der Waals surface area contributed by atoms with Gasteiger partial charge in [-0.05, 0) is 25.0 Å². The highest BCUT2D eigenvalue weighted by molar-refractivity contribution is 7.89. The molecule has 1 aliphatic rings. The third-order valence-electron chi connectivity index (χ3n) is 3.60. The minimum absolute atomic E-state index is 0.210. The molecule has 0 spiro atoms. The van der Waals surface area contributed by atoms with E-state index in [1.54, 1.807) is 19.1 Å². The molecule has 2 heterocycles. The fraction of sp³-hybridized carbons (Fsp3) is 0.400. The maximum atomic E-state index is 12.6. The molecule has 118 valence electrons. The Morgan fingerprint density at radius 3 is 3.00 bits per heavy atom. The first-order valence-electron chi connectivity index (χ1n) is 7.22. The summed E-state index contributed by atoms with van der Waals surface area (Å²) in [6.07, 6.45) is 1.59. The minimum Gasteiger partial charge on any atom is -0.492 e. The Bertz CT molecular complexity index is 784. The third-order valence-corrected chi connectivity index (χ3v) is 6.24. The van der Waals surface area contributed by atoms with Crippen LogP contribution in [0.1, 0.15) is 36.2 Å². The molecule has 22 heavy (non-hydrogen) atoms. The number of thiazole rings is 1. The van der Waals surface area contributed by atoms with Crippen LogP contribution in [0.5, 0.6) is 5.75 Å². The maximum Gasteiger partial charge on any atom is 0.244 e. The zero-order valence-corrected chi connectivity index (χ0v) is 14.1. The first-order valence-corrected chi connectivity index (χ1v) is 9.59. The predicted molar refractivity (Wildman–Crippen MR) is 85.9 cm³/mol. The summed E-state index contributed by atoms with van der Waals surface area (Å²) in [6, 6.07) is 4.87. The van der Waals surface area contributed by atoms with E-state index in [0.717, 1.165) is 29.1 Å². The monoisotopic (exact) mass is 338 g/mol. The molecule has 0 amide bonds. The van der Waals surface area contributed by atoms with Gasteiger partial charge in [0.05, 0.1) is 18.3 Å². The summed E-state index contributed by atoms with van der Waals surface area (Å²) in [6.45, 7) is 4.36. The highest BCUT2D eigenvalue weighted by Crippen LogP contribution is 2.33. The number of aromatic nitrogens is 1. The van der Waals surface area contributed by atoms with Gasteiger partial charge >= 0.3 is 0 Å². The number of fused-ring (bicyclic) bond motifs is 1. The molecule has 0 saturated heterocycles. The number of aryl methyl sites for hydroxylation is 1. The molecule has 0 fully saturated rings. The fourth-order valence-electron chi connectivity index (χ4n) is 2.43. The van der Waals surface area contributed by atoms with Crippen LogP contribution in [0.2, 0.25) is 0 Å². The second-order valence-corrected chi connectivity index (χ2v) is 7.79. The largest absolute Gasteiger partial charge is 0.492 e. The summed E-state index contributed by atoms with van der Waals surface area (Å²) >= 11 is 1.47. The van der Waals surface area contributed by atoms with Gasteiger partial charge in [0.1, 0.15) is 15.7 Å². The average molecular weight is 338 g/mol. The van der Waals surface area contributed by atoms with E-state index in [-0.39, 0.29) is 10.9 Å². The first kappa shape index (κ1) is 15.5. The lowest BCUT2D eigenvalue weighted by atomic mass is 10.2. The van der Waals surface area contributed by atoms with Crippen LogP contribution in [0, 0.1) is 0 Å². The van der Waals surface area contributed by atoms with Crippen molar-refractivity contribution in [3.05, 3.63) is 39.8 Å². The molecule has 1 atom stereocenters. The predicted octanol–water partition coefficient (Wildman–Crippen LogP) is 2.68. The molecule has 7 heteroatoms. The maximum absolute atomic E-state index is 12.6. The summed E-state index contributed by atoms with van der Waals surface area (Å²) < 4.78 is 33.5. The third kappa shape index (κ3) is 2.88. The van der Waals surface area contributed by atoms with Crippen LogP contribution in [0.4, 0.5) is 0 Å². The molecule has 5 nitrogen and oxygen atoms in total. The van der Waals surface area contributed by atoms with Crippen LogP contribution in [-0.4, -0.2) is 20.0 Å². The molecule has 0 bridgehead atoms. The van der Waals surface area contributed by atoms with Crippen molar-refractivity contribution in [3.8, 4) is 5.75 Å². The van der Waals surface area contributed by atoms with Crippen LogP contribution in [0.3, 0.4) is 0 Å². The molecule has 0 radical (unpaired) electrons. The second kappa shape index (κ2) is 5.98. The molecule has 0 aliphatic carbocycles. The summed E-state index contributed by atoms with van der Waals surface area (Å²) in [5, 5.41) is 2.73. The number of sulfonamides is 1. The van der Waals surface area contributed by atoms with Crippen molar-refractivity contribution in [1.82, 2.24) is 9.71 Å². The highest BCUT2D eigenvalue weighted by atomic mass is 32.2. The zero-order valence-electron chi connectivity index (χ0n) is 12.5. The van der Waals surface area contributed by atoms with Crippen molar-refractivity contribution in [2.24, 2.45) is 0 Å². The Balaban J connectivity index is 1.86. The van der Waals surface area contributed by atoms with Crippen molar-refractivity contribution < 1.29 is 13.2 Å². The average Bonchev–Trinajstić information content (AvgIpc) is 3.15. The summed E-state index contributed by atoms with van der Waals surface area (Å²) in [7, 11) is -3.64. The lowest BCUT2D eigenvalue weighted by Crippen LogP contribution is -2.27. The van der Waals surface area contributed by atoms with E-state index in [4.69, 9.17) is 4.74 Å². The summed E-state index contributed by atoms with van der Waals surface area (Å²) in [5.41, 5.74) is 1.92. The van der Waals surface area contributed by atoms with E-state index in [1.807, 2.05) is 18.4 Å². The zero-order chi connectivity index (χ0) is 15.7. The van der Waals surface area contributed by atoms with Gasteiger partial charge in [-0.3, -0.25) is 0 Å². The van der Waals surface area contributed by atoms with E-state index in [1.165, 1.54) is 11.3 Å². The molecule has 3 rings (SSSR count). The molecule has 0 saturated carbocycles. The number of hydrogen-bond acceptors (Lipinski definition) is 5. The van der Waals surface area contributed by atoms with Crippen molar-refractivity contribution in [2.45, 2.75) is 37.6 Å². The number of para-hydroxylation sites is 1. The molecular formula is C15H18N2O3S2. The van der Waals surface area contributed by atoms with Crippen molar-refractivity contribution in [1.29, 1.82) is 0 Å². The standard InChI is InChI=1S/C15H18N2O3S2/c1-3-12-9-21-15(16-12)10(2)17-22(18,19)13-6-4-5-11-7-8-20-14(11)13/h4-6,9-10,17H,3,7-8H2,1-2H3. The van der Waals surface area contributed by atoms with Crippen LogP contribution >= 0.6 is 11.3 Å². The van der Waals surface area contributed by atoms with Crippen molar-refractivity contribution in [2.75, 3.05) is 6.61 Å². The number of nitrogens with zero attached hydrogens (tertiary/aromatic N) is 1. The fourth-order valence-corrected chi connectivity index (χ4v) is 4.81. The second-order valence-electron chi connectivity index (χ2n) is 5.22. The van der Waals surface area contributed by atoms with E-state index >= 15 is 0 Å². The van der Waals surface area contributed by atoms with Crippen LogP contribution < -0.4 is 9.46 Å². The van der Waals surface area contributed by atoms with Crippen LogP contribution in [0.25, 0.3) is 0 Å². The van der Waals surface area contributed by atoms with Gasteiger partial charge in [-0.1, -0.05) is 19.1 Å². The van der Waals surface area contributed by atoms with Gasteiger partial charge in [0.15, 0.2) is 0 Å². The molecule has 1 aromatic carbocycles. The summed E-state index contributed by atoms with van der Waals surface area (Å²) in [5.74, 6) is 0.482. The number of ether oxygens (including phenoxy) is 1. The van der Waals surface area contributed by atoms with E-state index in [0.29, 0.717) is 12.4 Å². The molecule has 1 unspecified atom stereocenters. The molecular weight excluding hydrogens is 320 g/mol. The summed E-state index contributed by atoms with van der Waals surface area (Å²) in [4.78, 5) is 4.65. The molecule has 1 N–H and O–H groups in total. The van der Waals surface area contributed by atoms with Crippen LogP contribution in [0.15, 0.2) is 28.5 Å². The molecule has 1 aliphatic heterocycles. The van der Waals surface area contributed by atoms with Gasteiger partial charge in [0, 0.05) is 11.8 Å². The van der Waals surface area contributed by atoms with E-state index in [2.05, 4.69) is 9.71 Å². The van der Waals surface area contributed by atoms with Gasteiger partial charge in [0.25, 0.3) is 0 Å². The number of benzene rings is 1. The Morgan fingerprint density at radius 1 is 1.45 bits per heavy atom. The Hall–Kier alpha value is -1.44. The lowest BCUT2D eigenvalue weighted by molar-refractivity contribution is 0.348. The normalized spacial score (nSPS) is 15.4. The van der Waals surface area contributed by atoms with Crippen molar-refractivity contribution >= 4 is 21.4 Å². The highest BCUT2D eigenvalue weighted by Gasteiger charge is 2.27. The number of rotatable bonds is 5.